The second kappa shape index (κ2) is 10.5. The SMILES string of the molecule is COc1cc2c(cc1OC)N(COCC[Si](C)(C)C)C(=O)[C@@H]1C[C@@H](O[Si](C)(C)C(C)(C)C)CN1C2=O. The Morgan fingerprint density at radius 1 is 1.00 bits per heavy atom. The second-order valence-corrected chi connectivity index (χ2v) is 22.9. The van der Waals surface area contributed by atoms with E-state index < -0.39 is 22.4 Å². The van der Waals surface area contributed by atoms with Gasteiger partial charge in [0.2, 0.25) is 0 Å². The fourth-order valence-corrected chi connectivity index (χ4v) is 6.43. The van der Waals surface area contributed by atoms with Crippen LogP contribution in [0.2, 0.25) is 43.8 Å². The largest absolute Gasteiger partial charge is 0.493 e. The van der Waals surface area contributed by atoms with Crippen molar-refractivity contribution in [2.75, 3.05) is 39.0 Å². The van der Waals surface area contributed by atoms with Gasteiger partial charge in [0.15, 0.2) is 19.8 Å². The Kier molecular flexibility index (Phi) is 8.34. The molecular weight excluding hydrogens is 492 g/mol. The molecule has 1 aromatic rings. The van der Waals surface area contributed by atoms with Crippen LogP contribution in [0.1, 0.15) is 37.6 Å². The molecule has 2 amide bonds. The molecule has 0 aromatic heterocycles. The summed E-state index contributed by atoms with van der Waals surface area (Å²) in [6.45, 7) is 18.9. The summed E-state index contributed by atoms with van der Waals surface area (Å²) >= 11 is 0. The molecule has 2 heterocycles. The number of benzene rings is 1. The van der Waals surface area contributed by atoms with Gasteiger partial charge in [-0.25, -0.2) is 0 Å². The molecule has 1 aromatic carbocycles. The highest BCUT2D eigenvalue weighted by atomic mass is 28.4. The van der Waals surface area contributed by atoms with E-state index in [9.17, 15) is 9.59 Å². The maximum absolute atomic E-state index is 13.9. The zero-order chi connectivity index (χ0) is 27.1. The first kappa shape index (κ1) is 28.7. The standard InChI is InChI=1S/C26H44N2O6Si2/c1-26(2,3)36(9,10)34-18-13-21-25(30)28(17-33-11-12-35(6,7)8)20-15-23(32-5)22(31-4)14-19(20)24(29)27(21)16-18/h14-15,18,21H,11-13,16-17H2,1-10H3/t18-,21+/m1/s1. The first-order valence-corrected chi connectivity index (χ1v) is 19.3. The zero-order valence-corrected chi connectivity index (χ0v) is 25.7. The van der Waals surface area contributed by atoms with E-state index in [2.05, 4.69) is 53.5 Å². The van der Waals surface area contributed by atoms with Crippen LogP contribution in [-0.2, 0) is 14.0 Å². The number of carbonyl (C=O) groups excluding carboxylic acids is 2. The summed E-state index contributed by atoms with van der Waals surface area (Å²) in [7, 11) is -0.281. The predicted octanol–water partition coefficient (Wildman–Crippen LogP) is 4.97. The van der Waals surface area contributed by atoms with Crippen molar-refractivity contribution < 1.29 is 28.2 Å². The number of carbonyl (C=O) groups is 2. The lowest BCUT2D eigenvalue weighted by atomic mass is 10.1. The highest BCUT2D eigenvalue weighted by Crippen LogP contribution is 2.42. The van der Waals surface area contributed by atoms with Gasteiger partial charge in [0.25, 0.3) is 11.8 Å². The molecule has 0 unspecified atom stereocenters. The van der Waals surface area contributed by atoms with Crippen LogP contribution in [0, 0.1) is 0 Å². The zero-order valence-electron chi connectivity index (χ0n) is 23.7. The van der Waals surface area contributed by atoms with Gasteiger partial charge in [-0.2, -0.15) is 0 Å². The number of anilines is 1. The van der Waals surface area contributed by atoms with E-state index in [0.717, 1.165) is 6.04 Å². The van der Waals surface area contributed by atoms with Gasteiger partial charge in [-0.15, -0.1) is 0 Å². The molecule has 0 N–H and O–H groups in total. The summed E-state index contributed by atoms with van der Waals surface area (Å²) in [6, 6.07) is 3.77. The van der Waals surface area contributed by atoms with Gasteiger partial charge < -0.3 is 23.5 Å². The van der Waals surface area contributed by atoms with Gasteiger partial charge in [-0.1, -0.05) is 40.4 Å². The molecular formula is C26H44N2O6Si2. The van der Waals surface area contributed by atoms with E-state index in [1.54, 1.807) is 29.0 Å². The lowest BCUT2D eigenvalue weighted by Crippen LogP contribution is -2.45. The third-order valence-corrected chi connectivity index (χ3v) is 13.8. The monoisotopic (exact) mass is 536 g/mol. The van der Waals surface area contributed by atoms with Gasteiger partial charge in [0, 0.05) is 33.7 Å². The first-order chi connectivity index (χ1) is 16.6. The van der Waals surface area contributed by atoms with Gasteiger partial charge >= 0.3 is 0 Å². The Hall–Kier alpha value is -1.89. The van der Waals surface area contributed by atoms with Crippen molar-refractivity contribution in [2.24, 2.45) is 0 Å². The van der Waals surface area contributed by atoms with Crippen molar-refractivity contribution in [3.05, 3.63) is 17.7 Å². The van der Waals surface area contributed by atoms with Gasteiger partial charge in [-0.3, -0.25) is 14.5 Å². The predicted molar refractivity (Wildman–Crippen MR) is 148 cm³/mol. The highest BCUT2D eigenvalue weighted by Gasteiger charge is 2.49. The number of fused-ring (bicyclic) bond motifs is 2. The van der Waals surface area contributed by atoms with Crippen LogP contribution >= 0.6 is 0 Å². The van der Waals surface area contributed by atoms with E-state index in [1.165, 1.54) is 7.11 Å². The Bertz CT molecular complexity index is 986. The second-order valence-electron chi connectivity index (χ2n) is 12.5. The normalized spacial score (nSPS) is 20.8. The van der Waals surface area contributed by atoms with Gasteiger partial charge in [0.1, 0.15) is 12.8 Å². The first-order valence-electron chi connectivity index (χ1n) is 12.7. The lowest BCUT2D eigenvalue weighted by molar-refractivity contribution is -0.123. The number of ether oxygens (including phenoxy) is 3. The maximum atomic E-state index is 13.9. The summed E-state index contributed by atoms with van der Waals surface area (Å²) in [4.78, 5) is 31.0. The quantitative estimate of drug-likeness (QED) is 0.328. The fraction of sp³-hybridized carbons (Fsp3) is 0.692. The molecule has 10 heteroatoms. The van der Waals surface area contributed by atoms with E-state index in [0.29, 0.717) is 42.3 Å². The fourth-order valence-electron chi connectivity index (χ4n) is 4.32. The maximum Gasteiger partial charge on any atom is 0.256 e. The van der Waals surface area contributed by atoms with Crippen LogP contribution in [-0.4, -0.2) is 79.4 Å². The minimum absolute atomic E-state index is 0.0355. The number of hydrogen-bond donors (Lipinski definition) is 0. The van der Waals surface area contributed by atoms with Crippen molar-refractivity contribution in [2.45, 2.75) is 83.2 Å². The van der Waals surface area contributed by atoms with Crippen molar-refractivity contribution in [1.82, 2.24) is 4.90 Å². The molecule has 1 fully saturated rings. The van der Waals surface area contributed by atoms with Crippen LogP contribution in [0.15, 0.2) is 12.1 Å². The highest BCUT2D eigenvalue weighted by molar-refractivity contribution is 6.76. The summed E-state index contributed by atoms with van der Waals surface area (Å²) in [5, 5.41) is 0.0355. The van der Waals surface area contributed by atoms with Crippen LogP contribution in [0.4, 0.5) is 5.69 Å². The smallest absolute Gasteiger partial charge is 0.256 e. The average molecular weight is 537 g/mol. The Morgan fingerprint density at radius 2 is 1.61 bits per heavy atom. The molecule has 0 bridgehead atoms. The van der Waals surface area contributed by atoms with E-state index in [-0.39, 0.29) is 29.7 Å². The molecule has 0 spiro atoms. The van der Waals surface area contributed by atoms with E-state index in [1.807, 2.05) is 0 Å². The number of methoxy groups -OCH3 is 2. The number of rotatable bonds is 9. The molecule has 0 saturated carbocycles. The van der Waals surface area contributed by atoms with E-state index >= 15 is 0 Å². The number of hydrogen-bond acceptors (Lipinski definition) is 6. The van der Waals surface area contributed by atoms with Gasteiger partial charge in [0.05, 0.1) is 31.6 Å². The summed E-state index contributed by atoms with van der Waals surface area (Å²) < 4.78 is 23.6. The molecule has 2 atom stereocenters. The number of amides is 2. The molecule has 2 aliphatic rings. The molecule has 202 valence electrons. The topological polar surface area (TPSA) is 77.5 Å². The minimum atomic E-state index is -2.07. The Labute approximate surface area is 218 Å². The Balaban J connectivity index is 1.96. The third kappa shape index (κ3) is 5.98. The average Bonchev–Trinajstić information content (AvgIpc) is 3.16. The minimum Gasteiger partial charge on any atom is -0.493 e. The third-order valence-electron chi connectivity index (χ3n) is 7.58. The summed E-state index contributed by atoms with van der Waals surface area (Å²) in [6.07, 6.45) is 0.297. The van der Waals surface area contributed by atoms with Gasteiger partial charge in [-0.05, 0) is 30.2 Å². The molecule has 3 rings (SSSR count). The summed E-state index contributed by atoms with van der Waals surface area (Å²) in [5.74, 6) is 0.562. The van der Waals surface area contributed by atoms with Crippen molar-refractivity contribution >= 4 is 33.9 Å². The molecule has 0 radical (unpaired) electrons. The van der Waals surface area contributed by atoms with Crippen molar-refractivity contribution in [3.63, 3.8) is 0 Å². The van der Waals surface area contributed by atoms with Crippen molar-refractivity contribution in [3.8, 4) is 11.5 Å². The Morgan fingerprint density at radius 3 is 2.17 bits per heavy atom. The van der Waals surface area contributed by atoms with E-state index in [4.69, 9.17) is 18.6 Å². The van der Waals surface area contributed by atoms with Crippen LogP contribution in [0.3, 0.4) is 0 Å². The number of nitrogens with zero attached hydrogens (tertiary/aromatic N) is 2. The summed E-state index contributed by atoms with van der Waals surface area (Å²) in [5.41, 5.74) is 0.900. The van der Waals surface area contributed by atoms with Crippen molar-refractivity contribution in [1.29, 1.82) is 0 Å². The molecule has 1 saturated heterocycles. The molecule has 2 aliphatic heterocycles. The molecule has 8 nitrogen and oxygen atoms in total. The van der Waals surface area contributed by atoms with Crippen LogP contribution < -0.4 is 14.4 Å². The molecule has 36 heavy (non-hydrogen) atoms. The molecule has 0 aliphatic carbocycles. The van der Waals surface area contributed by atoms with Crippen LogP contribution in [0.5, 0.6) is 11.5 Å². The van der Waals surface area contributed by atoms with Crippen LogP contribution in [0.25, 0.3) is 0 Å². The lowest BCUT2D eigenvalue weighted by Gasteiger charge is -2.38.